The summed E-state index contributed by atoms with van der Waals surface area (Å²) in [6.07, 6.45) is 21.1. The van der Waals surface area contributed by atoms with Crippen LogP contribution in [-0.2, 0) is 4.79 Å². The van der Waals surface area contributed by atoms with Gasteiger partial charge >= 0.3 is 5.97 Å². The van der Waals surface area contributed by atoms with E-state index in [0.717, 1.165) is 24.2 Å². The minimum Gasteiger partial charge on any atom is -0.481 e. The molecule has 21 heavy (non-hydrogen) atoms. The highest BCUT2D eigenvalue weighted by atomic mass is 16.4. The van der Waals surface area contributed by atoms with Gasteiger partial charge in [-0.3, -0.25) is 4.79 Å². The summed E-state index contributed by atoms with van der Waals surface area (Å²) >= 11 is 0. The lowest BCUT2D eigenvalue weighted by Crippen LogP contribution is -2.33. The van der Waals surface area contributed by atoms with E-state index < -0.39 is 5.97 Å². The topological polar surface area (TPSA) is 37.3 Å². The Labute approximate surface area is 130 Å². The fourth-order valence-corrected chi connectivity index (χ4v) is 4.55. The van der Waals surface area contributed by atoms with E-state index in [1.807, 2.05) is 0 Å². The van der Waals surface area contributed by atoms with Crippen molar-refractivity contribution in [2.24, 2.45) is 11.3 Å². The summed E-state index contributed by atoms with van der Waals surface area (Å²) in [7, 11) is 0. The second kappa shape index (κ2) is 8.80. The zero-order chi connectivity index (χ0) is 15.0. The number of hydrogen-bond acceptors (Lipinski definition) is 1. The van der Waals surface area contributed by atoms with E-state index in [9.17, 15) is 4.79 Å². The molecule has 0 unspecified atom stereocenters. The first-order chi connectivity index (χ1) is 10.2. The molecule has 3 aliphatic carbocycles. The number of hydrogen-bond donors (Lipinski definition) is 1. The molecule has 2 nitrogen and oxygen atoms in total. The third-order valence-electron chi connectivity index (χ3n) is 6.10. The van der Waals surface area contributed by atoms with Crippen molar-refractivity contribution in [2.75, 3.05) is 0 Å². The molecule has 1 N–H and O–H groups in total. The lowest BCUT2D eigenvalue weighted by molar-refractivity contribution is -0.137. The van der Waals surface area contributed by atoms with Crippen LogP contribution in [0.3, 0.4) is 0 Å². The molecule has 122 valence electrons. The summed E-state index contributed by atoms with van der Waals surface area (Å²) in [5.74, 6) is 0.444. The molecule has 0 heterocycles. The monoisotopic (exact) mass is 294 g/mol. The maximum absolute atomic E-state index is 10.4. The number of carboxylic acid groups (broad SMARTS) is 1. The second-order valence-corrected chi connectivity index (χ2v) is 7.70. The van der Waals surface area contributed by atoms with Crippen molar-refractivity contribution in [1.82, 2.24) is 0 Å². The average molecular weight is 294 g/mol. The van der Waals surface area contributed by atoms with Gasteiger partial charge in [0, 0.05) is 6.42 Å². The third kappa shape index (κ3) is 6.00. The first-order valence-corrected chi connectivity index (χ1v) is 9.42. The maximum atomic E-state index is 10.4. The predicted octanol–water partition coefficient (Wildman–Crippen LogP) is 5.94. The smallest absolute Gasteiger partial charge is 0.303 e. The van der Waals surface area contributed by atoms with Crippen LogP contribution in [0.25, 0.3) is 0 Å². The fourth-order valence-electron chi connectivity index (χ4n) is 4.55. The molecule has 0 spiro atoms. The van der Waals surface area contributed by atoms with Gasteiger partial charge in [-0.05, 0) is 62.7 Å². The van der Waals surface area contributed by atoms with Gasteiger partial charge in [-0.2, -0.15) is 0 Å². The number of carboxylic acids is 1. The Balaban J connectivity index is 1.39. The van der Waals surface area contributed by atoms with Crippen LogP contribution >= 0.6 is 0 Å². The van der Waals surface area contributed by atoms with E-state index in [2.05, 4.69) is 0 Å². The van der Waals surface area contributed by atoms with Gasteiger partial charge in [-0.25, -0.2) is 0 Å². The van der Waals surface area contributed by atoms with Gasteiger partial charge in [-0.1, -0.05) is 44.9 Å². The number of unbranched alkanes of at least 4 members (excludes halogenated alkanes) is 7. The SMILES string of the molecule is O=C(O)CCCCCCCCCCC12CCC(CC1)CC2. The third-order valence-corrected chi connectivity index (χ3v) is 6.10. The highest BCUT2D eigenvalue weighted by Gasteiger charge is 2.39. The molecule has 2 heteroatoms. The Bertz CT molecular complexity index is 289. The fraction of sp³-hybridized carbons (Fsp3) is 0.947. The molecule has 3 saturated carbocycles. The van der Waals surface area contributed by atoms with Crippen LogP contribution < -0.4 is 0 Å². The van der Waals surface area contributed by atoms with E-state index in [4.69, 9.17) is 5.11 Å². The molecule has 0 aliphatic heterocycles. The lowest BCUT2D eigenvalue weighted by Gasteiger charge is -2.47. The van der Waals surface area contributed by atoms with E-state index >= 15 is 0 Å². The van der Waals surface area contributed by atoms with Crippen molar-refractivity contribution in [3.63, 3.8) is 0 Å². The highest BCUT2D eigenvalue weighted by Crippen LogP contribution is 2.52. The van der Waals surface area contributed by atoms with Gasteiger partial charge in [-0.15, -0.1) is 0 Å². The molecule has 0 saturated heterocycles. The molecular weight excluding hydrogens is 260 g/mol. The van der Waals surface area contributed by atoms with Crippen LogP contribution in [0, 0.1) is 11.3 Å². The van der Waals surface area contributed by atoms with Crippen molar-refractivity contribution >= 4 is 5.97 Å². The quantitative estimate of drug-likeness (QED) is 0.479. The Morgan fingerprint density at radius 3 is 1.81 bits per heavy atom. The van der Waals surface area contributed by atoms with E-state index in [0.29, 0.717) is 6.42 Å². The van der Waals surface area contributed by atoms with Gasteiger partial charge in [0.2, 0.25) is 0 Å². The van der Waals surface area contributed by atoms with Gasteiger partial charge < -0.3 is 5.11 Å². The predicted molar refractivity (Wildman–Crippen MR) is 87.4 cm³/mol. The van der Waals surface area contributed by atoms with Crippen LogP contribution in [0.15, 0.2) is 0 Å². The van der Waals surface area contributed by atoms with Crippen molar-refractivity contribution in [3.05, 3.63) is 0 Å². The summed E-state index contributed by atoms with van der Waals surface area (Å²) in [6.45, 7) is 0. The van der Waals surface area contributed by atoms with Gasteiger partial charge in [0.05, 0.1) is 0 Å². The summed E-state index contributed by atoms with van der Waals surface area (Å²) in [5.41, 5.74) is 0.769. The van der Waals surface area contributed by atoms with Gasteiger partial charge in [0.25, 0.3) is 0 Å². The first kappa shape index (κ1) is 16.8. The molecule has 0 amide bonds. The minimum absolute atomic E-state index is 0.350. The molecule has 2 bridgehead atoms. The summed E-state index contributed by atoms with van der Waals surface area (Å²) in [6, 6.07) is 0. The molecule has 0 radical (unpaired) electrons. The summed E-state index contributed by atoms with van der Waals surface area (Å²) in [5, 5.41) is 8.56. The molecule has 0 aromatic carbocycles. The first-order valence-electron chi connectivity index (χ1n) is 9.42. The van der Waals surface area contributed by atoms with Crippen molar-refractivity contribution in [2.45, 2.75) is 103 Å². The molecule has 0 aromatic heterocycles. The summed E-state index contributed by atoms with van der Waals surface area (Å²) < 4.78 is 0. The molecule has 0 atom stereocenters. The Hall–Kier alpha value is -0.530. The number of carbonyl (C=O) groups is 1. The maximum Gasteiger partial charge on any atom is 0.303 e. The van der Waals surface area contributed by atoms with Crippen LogP contribution in [0.1, 0.15) is 103 Å². The molecule has 3 aliphatic rings. The van der Waals surface area contributed by atoms with Crippen LogP contribution in [0.4, 0.5) is 0 Å². The number of rotatable bonds is 11. The van der Waals surface area contributed by atoms with E-state index in [1.165, 1.54) is 83.5 Å². The van der Waals surface area contributed by atoms with Crippen LogP contribution in [-0.4, -0.2) is 11.1 Å². The average Bonchev–Trinajstić information content (AvgIpc) is 2.50. The zero-order valence-electron chi connectivity index (χ0n) is 13.7. The number of aliphatic carboxylic acids is 1. The van der Waals surface area contributed by atoms with Gasteiger partial charge in [0.1, 0.15) is 0 Å². The van der Waals surface area contributed by atoms with Crippen molar-refractivity contribution < 1.29 is 9.90 Å². The van der Waals surface area contributed by atoms with Crippen LogP contribution in [0.2, 0.25) is 0 Å². The molecular formula is C19H34O2. The molecule has 3 fully saturated rings. The van der Waals surface area contributed by atoms with Gasteiger partial charge in [0.15, 0.2) is 0 Å². The Kier molecular flexibility index (Phi) is 7.06. The highest BCUT2D eigenvalue weighted by molar-refractivity contribution is 5.66. The zero-order valence-corrected chi connectivity index (χ0v) is 13.7. The lowest BCUT2D eigenvalue weighted by atomic mass is 9.59. The van der Waals surface area contributed by atoms with E-state index in [1.54, 1.807) is 0 Å². The Morgan fingerprint density at radius 1 is 0.810 bits per heavy atom. The molecule has 3 rings (SSSR count). The normalized spacial score (nSPS) is 27.9. The molecule has 0 aromatic rings. The van der Waals surface area contributed by atoms with Crippen LogP contribution in [0.5, 0.6) is 0 Å². The standard InChI is InChI=1S/C19H34O2/c20-18(21)9-7-5-3-1-2-4-6-8-13-19-14-10-17(11-15-19)12-16-19/h17H,1-16H2,(H,20,21). The number of fused-ring (bicyclic) bond motifs is 3. The second-order valence-electron chi connectivity index (χ2n) is 7.70. The van der Waals surface area contributed by atoms with Crippen molar-refractivity contribution in [3.8, 4) is 0 Å². The largest absolute Gasteiger partial charge is 0.481 e. The Morgan fingerprint density at radius 2 is 1.29 bits per heavy atom. The van der Waals surface area contributed by atoms with E-state index in [-0.39, 0.29) is 0 Å². The summed E-state index contributed by atoms with van der Waals surface area (Å²) in [4.78, 5) is 10.4. The minimum atomic E-state index is -0.647. The van der Waals surface area contributed by atoms with Crippen molar-refractivity contribution in [1.29, 1.82) is 0 Å².